The maximum Gasteiger partial charge on any atom is 0.261 e. The monoisotopic (exact) mass is 291 g/mol. The van der Waals surface area contributed by atoms with Gasteiger partial charge in [0.05, 0.1) is 4.88 Å². The van der Waals surface area contributed by atoms with E-state index in [1.165, 1.54) is 23.5 Å². The van der Waals surface area contributed by atoms with E-state index in [0.717, 1.165) is 10.1 Å². The first-order valence-corrected chi connectivity index (χ1v) is 7.45. The smallest absolute Gasteiger partial charge is 0.261 e. The molecule has 0 aliphatic heterocycles. The molecule has 1 amide bonds. The summed E-state index contributed by atoms with van der Waals surface area (Å²) in [7, 11) is 0. The van der Waals surface area contributed by atoms with Crippen LogP contribution in [0.1, 0.15) is 35.4 Å². The molecule has 3 rings (SSSR count). The number of nitrogens with one attached hydrogen (secondary N) is 1. The van der Waals surface area contributed by atoms with E-state index in [4.69, 9.17) is 0 Å². The summed E-state index contributed by atoms with van der Waals surface area (Å²) < 4.78 is 13.9. The molecule has 5 heteroatoms. The van der Waals surface area contributed by atoms with Crippen LogP contribution in [0.15, 0.2) is 24.3 Å². The van der Waals surface area contributed by atoms with Gasteiger partial charge in [0.1, 0.15) is 11.6 Å². The van der Waals surface area contributed by atoms with Crippen molar-refractivity contribution in [1.82, 2.24) is 5.32 Å². The van der Waals surface area contributed by atoms with Crippen molar-refractivity contribution in [3.63, 3.8) is 0 Å². The van der Waals surface area contributed by atoms with Gasteiger partial charge in [-0.3, -0.25) is 9.59 Å². The molecule has 0 radical (unpaired) electrons. The molecule has 1 saturated carbocycles. The second kappa shape index (κ2) is 5.32. The Balaban J connectivity index is 1.73. The van der Waals surface area contributed by atoms with Gasteiger partial charge in [0.25, 0.3) is 5.91 Å². The molecule has 20 heavy (non-hydrogen) atoms. The number of Topliss-reactive ketones (excluding diaryl/α,β-unsaturated/α-hetero) is 1. The van der Waals surface area contributed by atoms with Crippen molar-refractivity contribution >= 4 is 33.1 Å². The minimum absolute atomic E-state index is 0.0714. The van der Waals surface area contributed by atoms with Crippen LogP contribution < -0.4 is 5.32 Å². The highest BCUT2D eigenvalue weighted by molar-refractivity contribution is 7.20. The molecular weight excluding hydrogens is 277 g/mol. The molecule has 0 bridgehead atoms. The molecule has 1 heterocycles. The summed E-state index contributed by atoms with van der Waals surface area (Å²) in [5.74, 6) is -0.157. The van der Waals surface area contributed by atoms with Gasteiger partial charge in [-0.15, -0.1) is 11.3 Å². The van der Waals surface area contributed by atoms with Gasteiger partial charge in [-0.05, 0) is 36.4 Å². The van der Waals surface area contributed by atoms with E-state index in [-0.39, 0.29) is 23.5 Å². The van der Waals surface area contributed by atoms with Crippen LogP contribution in [0, 0.1) is 5.82 Å². The molecule has 104 valence electrons. The molecule has 1 N–H and O–H groups in total. The summed E-state index contributed by atoms with van der Waals surface area (Å²) in [6.07, 6.45) is 2.51. The van der Waals surface area contributed by atoms with E-state index in [0.29, 0.717) is 30.6 Å². The SMILES string of the molecule is O=C1CCC(NC(=O)c2cc3ccc(F)cc3s2)CC1. The lowest BCUT2D eigenvalue weighted by molar-refractivity contribution is -0.120. The van der Waals surface area contributed by atoms with Crippen LogP contribution in [0.5, 0.6) is 0 Å². The minimum atomic E-state index is -0.294. The number of ketones is 1. The lowest BCUT2D eigenvalue weighted by Gasteiger charge is -2.21. The molecule has 1 fully saturated rings. The zero-order valence-corrected chi connectivity index (χ0v) is 11.6. The quantitative estimate of drug-likeness (QED) is 0.923. The summed E-state index contributed by atoms with van der Waals surface area (Å²) in [5, 5.41) is 3.83. The molecule has 0 atom stereocenters. The fourth-order valence-electron chi connectivity index (χ4n) is 2.46. The number of carbonyl (C=O) groups is 2. The predicted octanol–water partition coefficient (Wildman–Crippen LogP) is 3.28. The van der Waals surface area contributed by atoms with Gasteiger partial charge < -0.3 is 5.32 Å². The second-order valence-corrected chi connectivity index (χ2v) is 6.16. The maximum absolute atomic E-state index is 13.1. The van der Waals surface area contributed by atoms with E-state index in [2.05, 4.69) is 5.32 Å². The van der Waals surface area contributed by atoms with Crippen molar-refractivity contribution in [3.05, 3.63) is 35.0 Å². The minimum Gasteiger partial charge on any atom is -0.349 e. The number of rotatable bonds is 2. The van der Waals surface area contributed by atoms with Crippen molar-refractivity contribution in [2.75, 3.05) is 0 Å². The molecule has 1 aliphatic rings. The number of halogens is 1. The van der Waals surface area contributed by atoms with Crippen molar-refractivity contribution in [3.8, 4) is 0 Å². The average Bonchev–Trinajstić information content (AvgIpc) is 2.84. The molecule has 0 saturated heterocycles. The van der Waals surface area contributed by atoms with Crippen LogP contribution in [0.4, 0.5) is 4.39 Å². The second-order valence-electron chi connectivity index (χ2n) is 5.08. The van der Waals surface area contributed by atoms with Crippen LogP contribution >= 0.6 is 11.3 Å². The van der Waals surface area contributed by atoms with Crippen LogP contribution in [0.25, 0.3) is 10.1 Å². The molecule has 0 unspecified atom stereocenters. The zero-order valence-electron chi connectivity index (χ0n) is 10.8. The number of carbonyl (C=O) groups excluding carboxylic acids is 2. The number of fused-ring (bicyclic) bond motifs is 1. The lowest BCUT2D eigenvalue weighted by Crippen LogP contribution is -2.37. The third-order valence-electron chi connectivity index (χ3n) is 3.58. The highest BCUT2D eigenvalue weighted by Crippen LogP contribution is 2.26. The van der Waals surface area contributed by atoms with E-state index >= 15 is 0 Å². The molecule has 1 aromatic carbocycles. The Hall–Kier alpha value is -1.75. The molecule has 3 nitrogen and oxygen atoms in total. The maximum atomic E-state index is 13.1. The Morgan fingerprint density at radius 2 is 2.00 bits per heavy atom. The van der Waals surface area contributed by atoms with Crippen molar-refractivity contribution in [2.45, 2.75) is 31.7 Å². The van der Waals surface area contributed by atoms with Gasteiger partial charge >= 0.3 is 0 Å². The first kappa shape index (κ1) is 13.2. The van der Waals surface area contributed by atoms with Gasteiger partial charge in [-0.25, -0.2) is 4.39 Å². The standard InChI is InChI=1S/C15H14FNO2S/c16-10-2-1-9-7-14(20-13(9)8-10)15(19)17-11-3-5-12(18)6-4-11/h1-2,7-8,11H,3-6H2,(H,17,19). The van der Waals surface area contributed by atoms with Gasteiger partial charge in [0, 0.05) is 23.6 Å². The van der Waals surface area contributed by atoms with Crippen molar-refractivity contribution in [1.29, 1.82) is 0 Å². The number of benzene rings is 1. The van der Waals surface area contributed by atoms with Crippen LogP contribution in [0.2, 0.25) is 0 Å². The van der Waals surface area contributed by atoms with Gasteiger partial charge in [-0.1, -0.05) is 6.07 Å². The predicted molar refractivity (Wildman–Crippen MR) is 76.5 cm³/mol. The topological polar surface area (TPSA) is 46.2 Å². The number of hydrogen-bond donors (Lipinski definition) is 1. The van der Waals surface area contributed by atoms with Crippen molar-refractivity contribution in [2.24, 2.45) is 0 Å². The Kier molecular flexibility index (Phi) is 3.53. The zero-order chi connectivity index (χ0) is 14.1. The summed E-state index contributed by atoms with van der Waals surface area (Å²) in [6, 6.07) is 6.36. The van der Waals surface area contributed by atoms with Gasteiger partial charge in [-0.2, -0.15) is 0 Å². The van der Waals surface area contributed by atoms with Crippen molar-refractivity contribution < 1.29 is 14.0 Å². The molecule has 2 aromatic rings. The van der Waals surface area contributed by atoms with Crippen LogP contribution in [-0.4, -0.2) is 17.7 Å². The molecular formula is C15H14FNO2S. The van der Waals surface area contributed by atoms with E-state index in [1.807, 2.05) is 0 Å². The highest BCUT2D eigenvalue weighted by Gasteiger charge is 2.21. The van der Waals surface area contributed by atoms with E-state index in [9.17, 15) is 14.0 Å². The highest BCUT2D eigenvalue weighted by atomic mass is 32.1. The number of hydrogen-bond acceptors (Lipinski definition) is 3. The Labute approximate surface area is 119 Å². The van der Waals surface area contributed by atoms with E-state index < -0.39 is 0 Å². The Bertz CT molecular complexity index is 670. The lowest BCUT2D eigenvalue weighted by atomic mass is 9.94. The first-order chi connectivity index (χ1) is 9.61. The number of thiophene rings is 1. The van der Waals surface area contributed by atoms with Crippen LogP contribution in [-0.2, 0) is 4.79 Å². The Morgan fingerprint density at radius 3 is 2.75 bits per heavy atom. The molecule has 0 spiro atoms. The summed E-state index contributed by atoms with van der Waals surface area (Å²) in [5.41, 5.74) is 0. The number of amides is 1. The molecule has 1 aromatic heterocycles. The van der Waals surface area contributed by atoms with Gasteiger partial charge in [0.2, 0.25) is 0 Å². The fourth-order valence-corrected chi connectivity index (χ4v) is 3.45. The summed E-state index contributed by atoms with van der Waals surface area (Å²) in [6.45, 7) is 0. The largest absolute Gasteiger partial charge is 0.349 e. The summed E-state index contributed by atoms with van der Waals surface area (Å²) in [4.78, 5) is 23.9. The third-order valence-corrected chi connectivity index (χ3v) is 4.68. The summed E-state index contributed by atoms with van der Waals surface area (Å²) >= 11 is 1.29. The third kappa shape index (κ3) is 2.72. The van der Waals surface area contributed by atoms with Crippen LogP contribution in [0.3, 0.4) is 0 Å². The molecule has 1 aliphatic carbocycles. The average molecular weight is 291 g/mol. The van der Waals surface area contributed by atoms with Gasteiger partial charge in [0.15, 0.2) is 0 Å². The Morgan fingerprint density at radius 1 is 1.25 bits per heavy atom. The van der Waals surface area contributed by atoms with E-state index in [1.54, 1.807) is 12.1 Å². The fraction of sp³-hybridized carbons (Fsp3) is 0.333. The first-order valence-electron chi connectivity index (χ1n) is 6.63. The normalized spacial score (nSPS) is 16.6.